The molecule has 0 radical (unpaired) electrons. The largest absolute Gasteiger partial charge is 0.385 e. The molecule has 0 amide bonds. The van der Waals surface area contributed by atoms with Crippen molar-refractivity contribution in [2.24, 2.45) is 0 Å². The number of methoxy groups -OCH3 is 1. The summed E-state index contributed by atoms with van der Waals surface area (Å²) in [5, 5.41) is 4.10. The Morgan fingerprint density at radius 2 is 2.50 bits per heavy atom. The van der Waals surface area contributed by atoms with E-state index < -0.39 is 0 Å². The molecule has 0 aliphatic rings. The maximum absolute atomic E-state index is 5.67. The molecule has 0 fully saturated rings. The number of nitrogens with zero attached hydrogens (tertiary/aromatic N) is 2. The summed E-state index contributed by atoms with van der Waals surface area (Å²) >= 11 is 0. The van der Waals surface area contributed by atoms with E-state index in [1.165, 1.54) is 0 Å². The number of nitrogen functional groups attached to an aromatic ring is 1. The van der Waals surface area contributed by atoms with E-state index in [1.54, 1.807) is 24.1 Å². The Labute approximate surface area is 72.3 Å². The summed E-state index contributed by atoms with van der Waals surface area (Å²) in [5.41, 5.74) is 5.67. The van der Waals surface area contributed by atoms with E-state index >= 15 is 0 Å². The summed E-state index contributed by atoms with van der Waals surface area (Å²) in [6, 6.07) is 2.10. The van der Waals surface area contributed by atoms with Gasteiger partial charge in [-0.3, -0.25) is 0 Å². The molecule has 0 aromatic carbocycles. The Balaban J connectivity index is 2.52. The van der Waals surface area contributed by atoms with Crippen LogP contribution in [0, 0.1) is 0 Å². The highest BCUT2D eigenvalue weighted by molar-refractivity contribution is 5.26. The molecular weight excluding hydrogens is 154 g/mol. The minimum atomic E-state index is 0.306. The minimum absolute atomic E-state index is 0.306. The SMILES string of the molecule is COCCC(C)n1nccc1N. The second-order valence-corrected chi connectivity index (χ2v) is 2.83. The molecule has 0 aliphatic carbocycles. The second-order valence-electron chi connectivity index (χ2n) is 2.83. The van der Waals surface area contributed by atoms with Crippen LogP contribution >= 0.6 is 0 Å². The van der Waals surface area contributed by atoms with Gasteiger partial charge in [-0.25, -0.2) is 4.68 Å². The van der Waals surface area contributed by atoms with E-state index in [-0.39, 0.29) is 0 Å². The lowest BCUT2D eigenvalue weighted by atomic mass is 10.2. The summed E-state index contributed by atoms with van der Waals surface area (Å²) in [7, 11) is 1.69. The van der Waals surface area contributed by atoms with E-state index in [4.69, 9.17) is 10.5 Å². The van der Waals surface area contributed by atoms with Gasteiger partial charge in [-0.1, -0.05) is 0 Å². The molecular formula is C8H15N3O. The molecule has 1 aromatic heterocycles. The molecule has 68 valence electrons. The van der Waals surface area contributed by atoms with Gasteiger partial charge in [0, 0.05) is 13.7 Å². The highest BCUT2D eigenvalue weighted by Gasteiger charge is 2.06. The zero-order chi connectivity index (χ0) is 8.97. The van der Waals surface area contributed by atoms with Gasteiger partial charge < -0.3 is 10.5 Å². The third kappa shape index (κ3) is 1.98. The van der Waals surface area contributed by atoms with Crippen molar-refractivity contribution in [1.29, 1.82) is 0 Å². The van der Waals surface area contributed by atoms with Gasteiger partial charge in [-0.15, -0.1) is 0 Å². The molecule has 1 aromatic rings. The molecule has 4 heteroatoms. The molecule has 0 bridgehead atoms. The number of rotatable bonds is 4. The number of hydrogen-bond acceptors (Lipinski definition) is 3. The lowest BCUT2D eigenvalue weighted by Gasteiger charge is -2.12. The third-order valence-corrected chi connectivity index (χ3v) is 1.86. The Bertz CT molecular complexity index is 234. The van der Waals surface area contributed by atoms with Gasteiger partial charge in [0.2, 0.25) is 0 Å². The normalized spacial score (nSPS) is 13.2. The van der Waals surface area contributed by atoms with Gasteiger partial charge in [0.25, 0.3) is 0 Å². The summed E-state index contributed by atoms with van der Waals surface area (Å²) < 4.78 is 6.77. The molecule has 1 unspecified atom stereocenters. The fraction of sp³-hybridized carbons (Fsp3) is 0.625. The Morgan fingerprint density at radius 3 is 3.00 bits per heavy atom. The van der Waals surface area contributed by atoms with Gasteiger partial charge in [-0.2, -0.15) is 5.10 Å². The quantitative estimate of drug-likeness (QED) is 0.733. The molecule has 0 saturated heterocycles. The first-order valence-corrected chi connectivity index (χ1v) is 4.03. The number of ether oxygens (including phenoxy) is 1. The maximum Gasteiger partial charge on any atom is 0.121 e. The first-order valence-electron chi connectivity index (χ1n) is 4.03. The van der Waals surface area contributed by atoms with Crippen molar-refractivity contribution in [3.8, 4) is 0 Å². The topological polar surface area (TPSA) is 53.1 Å². The van der Waals surface area contributed by atoms with E-state index in [0.717, 1.165) is 13.0 Å². The molecule has 0 saturated carbocycles. The van der Waals surface area contributed by atoms with Crippen molar-refractivity contribution in [2.75, 3.05) is 19.5 Å². The molecule has 2 N–H and O–H groups in total. The molecule has 12 heavy (non-hydrogen) atoms. The summed E-state index contributed by atoms with van der Waals surface area (Å²) in [6.07, 6.45) is 2.64. The molecule has 0 aliphatic heterocycles. The van der Waals surface area contributed by atoms with Crippen LogP contribution in [0.2, 0.25) is 0 Å². The molecule has 4 nitrogen and oxygen atoms in total. The van der Waals surface area contributed by atoms with Crippen LogP contribution in [0.25, 0.3) is 0 Å². The van der Waals surface area contributed by atoms with E-state index in [2.05, 4.69) is 12.0 Å². The van der Waals surface area contributed by atoms with Gasteiger partial charge in [0.05, 0.1) is 12.2 Å². The van der Waals surface area contributed by atoms with Crippen LogP contribution in [0.3, 0.4) is 0 Å². The summed E-state index contributed by atoms with van der Waals surface area (Å²) in [6.45, 7) is 2.81. The van der Waals surface area contributed by atoms with E-state index in [9.17, 15) is 0 Å². The highest BCUT2D eigenvalue weighted by atomic mass is 16.5. The Hall–Kier alpha value is -1.03. The standard InChI is InChI=1S/C8H15N3O/c1-7(4-6-12-2)11-8(9)3-5-10-11/h3,5,7H,4,6,9H2,1-2H3. The third-order valence-electron chi connectivity index (χ3n) is 1.86. The fourth-order valence-electron chi connectivity index (χ4n) is 1.10. The van der Waals surface area contributed by atoms with E-state index in [0.29, 0.717) is 11.9 Å². The summed E-state index contributed by atoms with van der Waals surface area (Å²) in [4.78, 5) is 0. The Kier molecular flexibility index (Phi) is 3.10. The van der Waals surface area contributed by atoms with Crippen LogP contribution in [0.5, 0.6) is 0 Å². The van der Waals surface area contributed by atoms with Crippen molar-refractivity contribution in [2.45, 2.75) is 19.4 Å². The van der Waals surface area contributed by atoms with Crippen LogP contribution in [0.1, 0.15) is 19.4 Å². The second kappa shape index (κ2) is 4.11. The molecule has 0 spiro atoms. The van der Waals surface area contributed by atoms with Crippen LogP contribution in [-0.2, 0) is 4.74 Å². The number of aromatic nitrogens is 2. The number of anilines is 1. The van der Waals surface area contributed by atoms with Crippen LogP contribution in [-0.4, -0.2) is 23.5 Å². The first kappa shape index (κ1) is 9.06. The smallest absolute Gasteiger partial charge is 0.121 e. The summed E-state index contributed by atoms with van der Waals surface area (Å²) in [5.74, 6) is 0.707. The zero-order valence-electron chi connectivity index (χ0n) is 7.53. The van der Waals surface area contributed by atoms with Crippen molar-refractivity contribution in [1.82, 2.24) is 9.78 Å². The van der Waals surface area contributed by atoms with Crippen LogP contribution < -0.4 is 5.73 Å². The Morgan fingerprint density at radius 1 is 1.75 bits per heavy atom. The maximum atomic E-state index is 5.67. The average Bonchev–Trinajstić information content (AvgIpc) is 2.47. The van der Waals surface area contributed by atoms with Gasteiger partial charge in [-0.05, 0) is 19.4 Å². The van der Waals surface area contributed by atoms with Crippen molar-refractivity contribution in [3.63, 3.8) is 0 Å². The van der Waals surface area contributed by atoms with Crippen molar-refractivity contribution < 1.29 is 4.74 Å². The lowest BCUT2D eigenvalue weighted by molar-refractivity contribution is 0.179. The minimum Gasteiger partial charge on any atom is -0.385 e. The van der Waals surface area contributed by atoms with Gasteiger partial charge in [0.1, 0.15) is 5.82 Å². The first-order chi connectivity index (χ1) is 5.75. The molecule has 1 atom stereocenters. The highest BCUT2D eigenvalue weighted by Crippen LogP contribution is 2.13. The van der Waals surface area contributed by atoms with Crippen LogP contribution in [0.4, 0.5) is 5.82 Å². The number of nitrogens with two attached hydrogens (primary N) is 1. The van der Waals surface area contributed by atoms with Crippen molar-refractivity contribution in [3.05, 3.63) is 12.3 Å². The zero-order valence-corrected chi connectivity index (χ0v) is 7.53. The average molecular weight is 169 g/mol. The van der Waals surface area contributed by atoms with Gasteiger partial charge in [0.15, 0.2) is 0 Å². The molecule has 1 rings (SSSR count). The predicted octanol–water partition coefficient (Wildman–Crippen LogP) is 1.06. The van der Waals surface area contributed by atoms with E-state index in [1.807, 2.05) is 0 Å². The monoisotopic (exact) mass is 169 g/mol. The van der Waals surface area contributed by atoms with Crippen LogP contribution in [0.15, 0.2) is 12.3 Å². The predicted molar refractivity (Wildman–Crippen MR) is 47.8 cm³/mol. The van der Waals surface area contributed by atoms with Crippen molar-refractivity contribution >= 4 is 5.82 Å². The lowest BCUT2D eigenvalue weighted by Crippen LogP contribution is -2.11. The van der Waals surface area contributed by atoms with Gasteiger partial charge >= 0.3 is 0 Å². The molecule has 1 heterocycles. The fourth-order valence-corrected chi connectivity index (χ4v) is 1.10. The number of hydrogen-bond donors (Lipinski definition) is 1.